The summed E-state index contributed by atoms with van der Waals surface area (Å²) < 4.78 is 5.14. The van der Waals surface area contributed by atoms with E-state index in [-0.39, 0.29) is 6.61 Å². The number of aliphatic hydroxyl groups excluding tert-OH is 1. The van der Waals surface area contributed by atoms with Crippen LogP contribution in [0.3, 0.4) is 0 Å². The van der Waals surface area contributed by atoms with Crippen LogP contribution < -0.4 is 4.74 Å². The van der Waals surface area contributed by atoms with E-state index in [9.17, 15) is 0 Å². The minimum atomic E-state index is -0.115. The van der Waals surface area contributed by atoms with Gasteiger partial charge in [0.05, 0.1) is 7.11 Å². The first-order chi connectivity index (χ1) is 6.27. The molecule has 0 saturated heterocycles. The quantitative estimate of drug-likeness (QED) is 0.654. The lowest BCUT2D eigenvalue weighted by Crippen LogP contribution is -1.87. The predicted octanol–water partition coefficient (Wildman–Crippen LogP) is 1.35. The van der Waals surface area contributed by atoms with E-state index in [1.165, 1.54) is 0 Å². The molecule has 0 aliphatic rings. The van der Waals surface area contributed by atoms with Crippen molar-refractivity contribution in [1.29, 1.82) is 0 Å². The second kappa shape index (κ2) is 4.54. The number of aryl methyl sites for hydroxylation is 1. The van der Waals surface area contributed by atoms with Gasteiger partial charge in [0.15, 0.2) is 0 Å². The normalized spacial score (nSPS) is 8.85. The van der Waals surface area contributed by atoms with Crippen molar-refractivity contribution in [3.05, 3.63) is 29.3 Å². The fraction of sp³-hybridized carbons (Fsp3) is 0.273. The van der Waals surface area contributed by atoms with Crippen molar-refractivity contribution in [3.8, 4) is 17.6 Å². The Balaban J connectivity index is 2.99. The van der Waals surface area contributed by atoms with E-state index in [0.29, 0.717) is 0 Å². The fourth-order valence-corrected chi connectivity index (χ4v) is 1.04. The molecule has 0 saturated carbocycles. The van der Waals surface area contributed by atoms with Crippen LogP contribution in [0, 0.1) is 18.8 Å². The average Bonchev–Trinajstić information content (AvgIpc) is 2.16. The van der Waals surface area contributed by atoms with Gasteiger partial charge in [0.2, 0.25) is 0 Å². The summed E-state index contributed by atoms with van der Waals surface area (Å²) in [6.45, 7) is 1.86. The van der Waals surface area contributed by atoms with Crippen molar-refractivity contribution < 1.29 is 9.84 Å². The van der Waals surface area contributed by atoms with E-state index in [1.807, 2.05) is 25.1 Å². The van der Waals surface area contributed by atoms with Crippen molar-refractivity contribution in [2.45, 2.75) is 6.92 Å². The molecule has 1 aromatic rings. The van der Waals surface area contributed by atoms with Gasteiger partial charge in [-0.15, -0.1) is 0 Å². The summed E-state index contributed by atoms with van der Waals surface area (Å²) in [7, 11) is 1.63. The average molecular weight is 176 g/mol. The Hall–Kier alpha value is -1.46. The van der Waals surface area contributed by atoms with Gasteiger partial charge >= 0.3 is 0 Å². The van der Waals surface area contributed by atoms with Gasteiger partial charge in [0.1, 0.15) is 12.4 Å². The molecule has 0 aliphatic carbocycles. The highest BCUT2D eigenvalue weighted by Crippen LogP contribution is 2.17. The molecular weight excluding hydrogens is 164 g/mol. The third kappa shape index (κ3) is 2.50. The van der Waals surface area contributed by atoms with E-state index in [0.717, 1.165) is 16.9 Å². The lowest BCUT2D eigenvalue weighted by Gasteiger charge is -2.03. The standard InChI is InChI=1S/C11H12O2/c1-9-5-6-10(4-3-7-12)8-11(9)13-2/h5-6,8,12H,7H2,1-2H3. The lowest BCUT2D eigenvalue weighted by atomic mass is 10.1. The Morgan fingerprint density at radius 1 is 1.46 bits per heavy atom. The number of hydrogen-bond donors (Lipinski definition) is 1. The molecule has 0 radical (unpaired) electrons. The van der Waals surface area contributed by atoms with Crippen molar-refractivity contribution in [2.24, 2.45) is 0 Å². The third-order valence-corrected chi connectivity index (χ3v) is 1.72. The molecule has 0 unspecified atom stereocenters. The molecule has 2 nitrogen and oxygen atoms in total. The number of aliphatic hydroxyl groups is 1. The number of benzene rings is 1. The summed E-state index contributed by atoms with van der Waals surface area (Å²) in [4.78, 5) is 0. The molecule has 13 heavy (non-hydrogen) atoms. The molecule has 0 atom stereocenters. The molecule has 2 heteroatoms. The molecule has 0 bridgehead atoms. The van der Waals surface area contributed by atoms with E-state index in [2.05, 4.69) is 11.8 Å². The topological polar surface area (TPSA) is 29.5 Å². The summed E-state index contributed by atoms with van der Waals surface area (Å²) in [6.07, 6.45) is 0. The van der Waals surface area contributed by atoms with Crippen LogP contribution in [0.15, 0.2) is 18.2 Å². The van der Waals surface area contributed by atoms with Crippen LogP contribution in [-0.4, -0.2) is 18.8 Å². The van der Waals surface area contributed by atoms with Gasteiger partial charge in [-0.3, -0.25) is 0 Å². The second-order valence-electron chi connectivity index (χ2n) is 2.64. The third-order valence-electron chi connectivity index (χ3n) is 1.72. The van der Waals surface area contributed by atoms with Gasteiger partial charge < -0.3 is 9.84 Å². The second-order valence-corrected chi connectivity index (χ2v) is 2.64. The molecule has 1 rings (SSSR count). The first-order valence-corrected chi connectivity index (χ1v) is 4.02. The Kier molecular flexibility index (Phi) is 3.36. The highest BCUT2D eigenvalue weighted by molar-refractivity contribution is 5.44. The maximum absolute atomic E-state index is 8.50. The Morgan fingerprint density at radius 3 is 2.85 bits per heavy atom. The Bertz CT molecular complexity index is 345. The van der Waals surface area contributed by atoms with Gasteiger partial charge in [-0.25, -0.2) is 0 Å². The minimum Gasteiger partial charge on any atom is -0.496 e. The number of rotatable bonds is 1. The Morgan fingerprint density at radius 2 is 2.23 bits per heavy atom. The molecule has 0 spiro atoms. The molecule has 1 aromatic carbocycles. The summed E-state index contributed by atoms with van der Waals surface area (Å²) in [5, 5.41) is 8.50. The maximum Gasteiger partial charge on any atom is 0.123 e. The maximum atomic E-state index is 8.50. The van der Waals surface area contributed by atoms with Crippen LogP contribution in [0.25, 0.3) is 0 Å². The van der Waals surface area contributed by atoms with E-state index in [4.69, 9.17) is 9.84 Å². The summed E-state index contributed by atoms with van der Waals surface area (Å²) in [5.41, 5.74) is 1.94. The highest BCUT2D eigenvalue weighted by Gasteiger charge is 1.97. The van der Waals surface area contributed by atoms with E-state index in [1.54, 1.807) is 7.11 Å². The molecule has 0 heterocycles. The van der Waals surface area contributed by atoms with E-state index >= 15 is 0 Å². The van der Waals surface area contributed by atoms with Crippen LogP contribution in [0.1, 0.15) is 11.1 Å². The molecule has 68 valence electrons. The van der Waals surface area contributed by atoms with Crippen LogP contribution >= 0.6 is 0 Å². The minimum absolute atomic E-state index is 0.115. The first-order valence-electron chi connectivity index (χ1n) is 4.02. The van der Waals surface area contributed by atoms with Gasteiger partial charge in [-0.1, -0.05) is 17.9 Å². The highest BCUT2D eigenvalue weighted by atomic mass is 16.5. The van der Waals surface area contributed by atoms with Crippen molar-refractivity contribution in [2.75, 3.05) is 13.7 Å². The number of ether oxygens (including phenoxy) is 1. The molecular formula is C11H12O2. The predicted molar refractivity (Wildman–Crippen MR) is 51.7 cm³/mol. The zero-order valence-corrected chi connectivity index (χ0v) is 7.79. The number of methoxy groups -OCH3 is 1. The lowest BCUT2D eigenvalue weighted by molar-refractivity contribution is 0.350. The van der Waals surface area contributed by atoms with Crippen molar-refractivity contribution in [3.63, 3.8) is 0 Å². The van der Waals surface area contributed by atoms with Gasteiger partial charge in [-0.05, 0) is 24.6 Å². The summed E-state index contributed by atoms with van der Waals surface area (Å²) in [6, 6.07) is 5.71. The van der Waals surface area contributed by atoms with Gasteiger partial charge in [0.25, 0.3) is 0 Å². The zero-order chi connectivity index (χ0) is 9.68. The van der Waals surface area contributed by atoms with Crippen LogP contribution in [-0.2, 0) is 0 Å². The largest absolute Gasteiger partial charge is 0.496 e. The monoisotopic (exact) mass is 176 g/mol. The SMILES string of the molecule is COc1cc(C#CCO)ccc1C. The van der Waals surface area contributed by atoms with Crippen LogP contribution in [0.4, 0.5) is 0 Å². The first kappa shape index (κ1) is 9.63. The molecule has 0 fully saturated rings. The van der Waals surface area contributed by atoms with E-state index < -0.39 is 0 Å². The van der Waals surface area contributed by atoms with Crippen LogP contribution in [0.5, 0.6) is 5.75 Å². The molecule has 0 aliphatic heterocycles. The van der Waals surface area contributed by atoms with Crippen molar-refractivity contribution in [1.82, 2.24) is 0 Å². The smallest absolute Gasteiger partial charge is 0.123 e. The molecule has 1 N–H and O–H groups in total. The fourth-order valence-electron chi connectivity index (χ4n) is 1.04. The zero-order valence-electron chi connectivity index (χ0n) is 7.79. The summed E-state index contributed by atoms with van der Waals surface area (Å²) >= 11 is 0. The summed E-state index contributed by atoms with van der Waals surface area (Å²) in [5.74, 6) is 6.23. The van der Waals surface area contributed by atoms with Gasteiger partial charge in [-0.2, -0.15) is 0 Å². The van der Waals surface area contributed by atoms with Gasteiger partial charge in [0, 0.05) is 5.56 Å². The van der Waals surface area contributed by atoms with Crippen molar-refractivity contribution >= 4 is 0 Å². The molecule has 0 amide bonds. The molecule has 0 aromatic heterocycles. The number of hydrogen-bond acceptors (Lipinski definition) is 2. The van der Waals surface area contributed by atoms with Crippen LogP contribution in [0.2, 0.25) is 0 Å². The Labute approximate surface area is 78.2 Å².